The van der Waals surface area contributed by atoms with E-state index in [9.17, 15) is 13.2 Å². The second-order valence-corrected chi connectivity index (χ2v) is 5.81. The minimum Gasteiger partial charge on any atom is -0.366 e. The van der Waals surface area contributed by atoms with Gasteiger partial charge in [-0.05, 0) is 24.3 Å². The summed E-state index contributed by atoms with van der Waals surface area (Å²) in [6, 6.07) is 5.77. The largest absolute Gasteiger partial charge is 0.366 e. The monoisotopic (exact) mass is 281 g/mol. The number of carbonyl (C=O) groups is 1. The van der Waals surface area contributed by atoms with Gasteiger partial charge < -0.3 is 11.1 Å². The predicted molar refractivity (Wildman–Crippen MR) is 68.3 cm³/mol. The van der Waals surface area contributed by atoms with Gasteiger partial charge in [-0.15, -0.1) is 5.10 Å². The molecule has 1 heterocycles. The van der Waals surface area contributed by atoms with Gasteiger partial charge in [0.25, 0.3) is 5.91 Å². The molecule has 2 aromatic rings. The quantitative estimate of drug-likeness (QED) is 0.728. The summed E-state index contributed by atoms with van der Waals surface area (Å²) in [5, 5.41) is 8.42. The van der Waals surface area contributed by atoms with Crippen molar-refractivity contribution in [3.8, 4) is 0 Å². The van der Waals surface area contributed by atoms with Gasteiger partial charge in [0.05, 0.1) is 4.90 Å². The topological polar surface area (TPSA) is 131 Å². The molecule has 0 bridgehead atoms. The lowest BCUT2D eigenvalue weighted by Gasteiger charge is -2.03. The molecule has 1 aromatic heterocycles. The summed E-state index contributed by atoms with van der Waals surface area (Å²) in [6.07, 6.45) is 1.11. The first-order valence-corrected chi connectivity index (χ1v) is 7.05. The lowest BCUT2D eigenvalue weighted by Crippen LogP contribution is -2.13. The predicted octanol–water partition coefficient (Wildman–Crippen LogP) is 0.0427. The number of aromatic nitrogens is 3. The molecule has 0 saturated heterocycles. The molecular formula is C10H11N5O3S. The molecular weight excluding hydrogens is 270 g/mol. The summed E-state index contributed by atoms with van der Waals surface area (Å²) in [5.41, 5.74) is 5.71. The first-order valence-electron chi connectivity index (χ1n) is 5.15. The zero-order valence-corrected chi connectivity index (χ0v) is 10.7. The third-order valence-corrected chi connectivity index (χ3v) is 3.39. The van der Waals surface area contributed by atoms with Crippen LogP contribution >= 0.6 is 0 Å². The second-order valence-electron chi connectivity index (χ2n) is 3.79. The second kappa shape index (κ2) is 4.69. The fraction of sp³-hybridized carbons (Fsp3) is 0.100. The Morgan fingerprint density at radius 2 is 1.95 bits per heavy atom. The van der Waals surface area contributed by atoms with E-state index >= 15 is 0 Å². The standard InChI is InChI=1S/C10H11N5O3S/c1-19(17,18)7-4-2-6(3-5-7)12-9(16)8-13-10(11)15-14-8/h2-5H,1H3,(H,12,16)(H3,11,13,14,15). The van der Waals surface area contributed by atoms with Crippen molar-refractivity contribution < 1.29 is 13.2 Å². The number of benzene rings is 1. The highest BCUT2D eigenvalue weighted by atomic mass is 32.2. The first kappa shape index (κ1) is 13.0. The molecule has 19 heavy (non-hydrogen) atoms. The SMILES string of the molecule is CS(=O)(=O)c1ccc(NC(=O)c2nc(N)n[nH]2)cc1. The molecule has 0 aliphatic heterocycles. The van der Waals surface area contributed by atoms with Crippen molar-refractivity contribution in [1.29, 1.82) is 0 Å². The Bertz CT molecular complexity index is 705. The highest BCUT2D eigenvalue weighted by molar-refractivity contribution is 7.90. The number of aromatic amines is 1. The number of carbonyl (C=O) groups excluding carboxylic acids is 1. The number of hydrogen-bond donors (Lipinski definition) is 3. The maximum atomic E-state index is 11.7. The highest BCUT2D eigenvalue weighted by Gasteiger charge is 2.11. The van der Waals surface area contributed by atoms with Crippen molar-refractivity contribution in [3.05, 3.63) is 30.1 Å². The van der Waals surface area contributed by atoms with E-state index < -0.39 is 15.7 Å². The van der Waals surface area contributed by atoms with Crippen molar-refractivity contribution >= 4 is 27.4 Å². The molecule has 4 N–H and O–H groups in total. The van der Waals surface area contributed by atoms with Crippen LogP contribution in [-0.4, -0.2) is 35.8 Å². The molecule has 0 radical (unpaired) electrons. The van der Waals surface area contributed by atoms with E-state index in [-0.39, 0.29) is 16.7 Å². The van der Waals surface area contributed by atoms with Gasteiger partial charge in [-0.2, -0.15) is 4.98 Å². The van der Waals surface area contributed by atoms with E-state index in [1.807, 2.05) is 0 Å². The van der Waals surface area contributed by atoms with Gasteiger partial charge in [0.2, 0.25) is 11.8 Å². The molecule has 0 unspecified atom stereocenters. The normalized spacial score (nSPS) is 11.2. The van der Waals surface area contributed by atoms with Crippen molar-refractivity contribution in [2.24, 2.45) is 0 Å². The number of nitrogens with two attached hydrogens (primary N) is 1. The zero-order valence-electron chi connectivity index (χ0n) is 9.91. The van der Waals surface area contributed by atoms with Gasteiger partial charge in [-0.25, -0.2) is 8.42 Å². The van der Waals surface area contributed by atoms with Crippen LogP contribution < -0.4 is 11.1 Å². The minimum atomic E-state index is -3.25. The number of nitrogens with one attached hydrogen (secondary N) is 2. The van der Waals surface area contributed by atoms with E-state index in [1.54, 1.807) is 0 Å². The smallest absolute Gasteiger partial charge is 0.293 e. The third kappa shape index (κ3) is 3.07. The van der Waals surface area contributed by atoms with Crippen molar-refractivity contribution in [1.82, 2.24) is 15.2 Å². The van der Waals surface area contributed by atoms with E-state index in [1.165, 1.54) is 24.3 Å². The molecule has 0 aliphatic rings. The maximum absolute atomic E-state index is 11.7. The number of amides is 1. The summed E-state index contributed by atoms with van der Waals surface area (Å²) in [4.78, 5) is 15.5. The van der Waals surface area contributed by atoms with Crippen molar-refractivity contribution in [2.45, 2.75) is 4.90 Å². The number of nitrogen functional groups attached to an aromatic ring is 1. The van der Waals surface area contributed by atoms with Crippen LogP contribution in [0.3, 0.4) is 0 Å². The molecule has 0 saturated carbocycles. The number of hydrogen-bond acceptors (Lipinski definition) is 6. The van der Waals surface area contributed by atoms with Crippen molar-refractivity contribution in [3.63, 3.8) is 0 Å². The summed E-state index contributed by atoms with van der Waals surface area (Å²) in [7, 11) is -3.25. The van der Waals surface area contributed by atoms with Crippen LogP contribution in [0.5, 0.6) is 0 Å². The fourth-order valence-electron chi connectivity index (χ4n) is 1.35. The molecule has 0 aliphatic carbocycles. The Kier molecular flexibility index (Phi) is 3.21. The van der Waals surface area contributed by atoms with Crippen LogP contribution in [0.2, 0.25) is 0 Å². The Hall–Kier alpha value is -2.42. The lowest BCUT2D eigenvalue weighted by molar-refractivity contribution is 0.101. The Morgan fingerprint density at radius 3 is 2.42 bits per heavy atom. The number of sulfone groups is 1. The van der Waals surface area contributed by atoms with Crippen LogP contribution in [0.25, 0.3) is 0 Å². The molecule has 0 atom stereocenters. The van der Waals surface area contributed by atoms with Crippen LogP contribution in [0.15, 0.2) is 29.2 Å². The van der Waals surface area contributed by atoms with Gasteiger partial charge in [-0.3, -0.25) is 9.89 Å². The minimum absolute atomic E-state index is 0.0234. The van der Waals surface area contributed by atoms with Crippen LogP contribution in [0.4, 0.5) is 11.6 Å². The molecule has 8 nitrogen and oxygen atoms in total. The number of H-pyrrole nitrogens is 1. The molecule has 9 heteroatoms. The molecule has 1 aromatic carbocycles. The summed E-state index contributed by atoms with van der Waals surface area (Å²) in [5.74, 6) is -0.571. The Balaban J connectivity index is 2.14. The van der Waals surface area contributed by atoms with Gasteiger partial charge in [0, 0.05) is 11.9 Å². The zero-order chi connectivity index (χ0) is 14.0. The van der Waals surface area contributed by atoms with Crippen LogP contribution in [0.1, 0.15) is 10.6 Å². The number of anilines is 2. The first-order chi connectivity index (χ1) is 8.86. The summed E-state index contributed by atoms with van der Waals surface area (Å²) < 4.78 is 22.5. The van der Waals surface area contributed by atoms with E-state index in [0.29, 0.717) is 5.69 Å². The van der Waals surface area contributed by atoms with Crippen LogP contribution in [0, 0.1) is 0 Å². The van der Waals surface area contributed by atoms with Gasteiger partial charge in [0.15, 0.2) is 9.84 Å². The molecule has 1 amide bonds. The Morgan fingerprint density at radius 1 is 1.32 bits per heavy atom. The van der Waals surface area contributed by atoms with Crippen molar-refractivity contribution in [2.75, 3.05) is 17.3 Å². The van der Waals surface area contributed by atoms with E-state index in [4.69, 9.17) is 5.73 Å². The average molecular weight is 281 g/mol. The summed E-state index contributed by atoms with van der Waals surface area (Å²) in [6.45, 7) is 0. The molecule has 100 valence electrons. The third-order valence-electron chi connectivity index (χ3n) is 2.26. The molecule has 2 rings (SSSR count). The highest BCUT2D eigenvalue weighted by Crippen LogP contribution is 2.14. The van der Waals surface area contributed by atoms with Gasteiger partial charge >= 0.3 is 0 Å². The number of rotatable bonds is 3. The van der Waals surface area contributed by atoms with E-state index in [0.717, 1.165) is 6.26 Å². The Labute approximate surface area is 109 Å². The van der Waals surface area contributed by atoms with Crippen LogP contribution in [-0.2, 0) is 9.84 Å². The maximum Gasteiger partial charge on any atom is 0.293 e. The summed E-state index contributed by atoms with van der Waals surface area (Å²) >= 11 is 0. The molecule has 0 spiro atoms. The molecule has 0 fully saturated rings. The lowest BCUT2D eigenvalue weighted by atomic mass is 10.3. The van der Waals surface area contributed by atoms with E-state index in [2.05, 4.69) is 20.5 Å². The van der Waals surface area contributed by atoms with Gasteiger partial charge in [-0.1, -0.05) is 0 Å². The average Bonchev–Trinajstić information content (AvgIpc) is 2.75. The van der Waals surface area contributed by atoms with Gasteiger partial charge in [0.1, 0.15) is 0 Å². The fourth-order valence-corrected chi connectivity index (χ4v) is 1.98. The number of nitrogens with zero attached hydrogens (tertiary/aromatic N) is 2.